The van der Waals surface area contributed by atoms with E-state index >= 15 is 0 Å². The molecule has 1 aliphatic heterocycles. The molecule has 1 aromatic carbocycles. The lowest BCUT2D eigenvalue weighted by molar-refractivity contribution is 0.00695. The van der Waals surface area contributed by atoms with Gasteiger partial charge in [0.2, 0.25) is 0 Å². The zero-order valence-corrected chi connectivity index (χ0v) is 9.96. The standard InChI is InChI=1S/C12H14N2OS/c1-8-7-15-10(6-13-8)12-14-9-4-2-3-5-11(9)16-12/h2-5,8,10,13H,6-7H2,1H3. The molecule has 0 radical (unpaired) electrons. The summed E-state index contributed by atoms with van der Waals surface area (Å²) in [6.45, 7) is 3.76. The number of aromatic nitrogens is 1. The van der Waals surface area contributed by atoms with Crippen LogP contribution in [0.3, 0.4) is 0 Å². The lowest BCUT2D eigenvalue weighted by Gasteiger charge is -2.26. The van der Waals surface area contributed by atoms with Gasteiger partial charge in [0.1, 0.15) is 11.1 Å². The molecule has 2 atom stereocenters. The van der Waals surface area contributed by atoms with E-state index in [2.05, 4.69) is 23.3 Å². The van der Waals surface area contributed by atoms with Crippen molar-refractivity contribution in [2.24, 2.45) is 0 Å². The molecule has 2 heterocycles. The van der Waals surface area contributed by atoms with E-state index in [-0.39, 0.29) is 6.10 Å². The van der Waals surface area contributed by atoms with Crippen LogP contribution >= 0.6 is 11.3 Å². The Morgan fingerprint density at radius 3 is 3.06 bits per heavy atom. The molecule has 1 N–H and O–H groups in total. The number of hydrogen-bond acceptors (Lipinski definition) is 4. The molecular formula is C12H14N2OS. The average Bonchev–Trinajstić information content (AvgIpc) is 2.73. The van der Waals surface area contributed by atoms with Crippen molar-refractivity contribution in [2.45, 2.75) is 19.1 Å². The van der Waals surface area contributed by atoms with Crippen LogP contribution in [0.25, 0.3) is 10.2 Å². The van der Waals surface area contributed by atoms with E-state index in [9.17, 15) is 0 Å². The van der Waals surface area contributed by atoms with E-state index in [0.717, 1.165) is 23.7 Å². The van der Waals surface area contributed by atoms with Crippen molar-refractivity contribution in [3.63, 3.8) is 0 Å². The second-order valence-electron chi connectivity index (χ2n) is 4.15. The smallest absolute Gasteiger partial charge is 0.124 e. The minimum absolute atomic E-state index is 0.119. The summed E-state index contributed by atoms with van der Waals surface area (Å²) >= 11 is 1.73. The topological polar surface area (TPSA) is 34.1 Å². The van der Waals surface area contributed by atoms with Gasteiger partial charge in [0.25, 0.3) is 0 Å². The number of nitrogens with one attached hydrogen (secondary N) is 1. The van der Waals surface area contributed by atoms with Gasteiger partial charge in [-0.1, -0.05) is 12.1 Å². The highest BCUT2D eigenvalue weighted by Gasteiger charge is 2.22. The van der Waals surface area contributed by atoms with Gasteiger partial charge in [-0.25, -0.2) is 4.98 Å². The third kappa shape index (κ3) is 1.84. The fourth-order valence-electron chi connectivity index (χ4n) is 1.87. The average molecular weight is 234 g/mol. The van der Waals surface area contributed by atoms with E-state index in [1.807, 2.05) is 18.2 Å². The summed E-state index contributed by atoms with van der Waals surface area (Å²) in [5.74, 6) is 0. The Morgan fingerprint density at radius 2 is 2.31 bits per heavy atom. The molecule has 84 valence electrons. The summed E-state index contributed by atoms with van der Waals surface area (Å²) < 4.78 is 7.03. The summed E-state index contributed by atoms with van der Waals surface area (Å²) in [7, 11) is 0. The number of nitrogens with zero attached hydrogens (tertiary/aromatic N) is 1. The van der Waals surface area contributed by atoms with E-state index in [1.54, 1.807) is 11.3 Å². The molecule has 0 amide bonds. The minimum atomic E-state index is 0.119. The minimum Gasteiger partial charge on any atom is -0.368 e. The fourth-order valence-corrected chi connectivity index (χ4v) is 2.89. The van der Waals surface area contributed by atoms with Crippen LogP contribution in [0.5, 0.6) is 0 Å². The van der Waals surface area contributed by atoms with Gasteiger partial charge in [-0.2, -0.15) is 0 Å². The fraction of sp³-hybridized carbons (Fsp3) is 0.417. The maximum absolute atomic E-state index is 5.79. The molecule has 3 rings (SSSR count). The monoisotopic (exact) mass is 234 g/mol. The number of rotatable bonds is 1. The molecule has 4 heteroatoms. The predicted molar refractivity (Wildman–Crippen MR) is 65.8 cm³/mol. The lowest BCUT2D eigenvalue weighted by Crippen LogP contribution is -2.40. The van der Waals surface area contributed by atoms with Crippen molar-refractivity contribution in [1.82, 2.24) is 10.3 Å². The van der Waals surface area contributed by atoms with Gasteiger partial charge < -0.3 is 10.1 Å². The summed E-state index contributed by atoms with van der Waals surface area (Å²) in [6.07, 6.45) is 0.119. The van der Waals surface area contributed by atoms with E-state index < -0.39 is 0 Å². The zero-order chi connectivity index (χ0) is 11.0. The third-order valence-corrected chi connectivity index (χ3v) is 3.91. The maximum Gasteiger partial charge on any atom is 0.124 e. The summed E-state index contributed by atoms with van der Waals surface area (Å²) in [5, 5.41) is 4.50. The van der Waals surface area contributed by atoms with Crippen molar-refractivity contribution in [3.05, 3.63) is 29.3 Å². The van der Waals surface area contributed by atoms with Crippen LogP contribution in [0.4, 0.5) is 0 Å². The number of ether oxygens (including phenoxy) is 1. The van der Waals surface area contributed by atoms with Gasteiger partial charge >= 0.3 is 0 Å². The molecule has 1 aliphatic rings. The predicted octanol–water partition coefficient (Wildman–Crippen LogP) is 2.35. The first-order chi connectivity index (χ1) is 7.83. The van der Waals surface area contributed by atoms with Gasteiger partial charge in [0.05, 0.1) is 16.8 Å². The Morgan fingerprint density at radius 1 is 1.44 bits per heavy atom. The van der Waals surface area contributed by atoms with Gasteiger partial charge in [0.15, 0.2) is 0 Å². The largest absolute Gasteiger partial charge is 0.368 e. The highest BCUT2D eigenvalue weighted by atomic mass is 32.1. The van der Waals surface area contributed by atoms with Crippen LogP contribution < -0.4 is 5.32 Å². The van der Waals surface area contributed by atoms with Crippen molar-refractivity contribution in [1.29, 1.82) is 0 Å². The molecule has 16 heavy (non-hydrogen) atoms. The first-order valence-corrected chi connectivity index (χ1v) is 6.35. The molecule has 3 nitrogen and oxygen atoms in total. The van der Waals surface area contributed by atoms with Crippen LogP contribution in [0, 0.1) is 0 Å². The second-order valence-corrected chi connectivity index (χ2v) is 5.21. The third-order valence-electron chi connectivity index (χ3n) is 2.78. The Bertz CT molecular complexity index is 455. The van der Waals surface area contributed by atoms with Crippen LogP contribution in [0.15, 0.2) is 24.3 Å². The van der Waals surface area contributed by atoms with E-state index in [1.165, 1.54) is 4.70 Å². The van der Waals surface area contributed by atoms with E-state index in [0.29, 0.717) is 6.04 Å². The van der Waals surface area contributed by atoms with Gasteiger partial charge in [-0.15, -0.1) is 11.3 Å². The Kier molecular flexibility index (Phi) is 2.63. The number of fused-ring (bicyclic) bond motifs is 1. The Hall–Kier alpha value is -0.970. The van der Waals surface area contributed by atoms with Gasteiger partial charge in [0, 0.05) is 12.6 Å². The molecule has 0 saturated carbocycles. The first kappa shape index (κ1) is 10.2. The number of para-hydroxylation sites is 1. The van der Waals surface area contributed by atoms with Crippen molar-refractivity contribution in [2.75, 3.05) is 13.2 Å². The SMILES string of the molecule is CC1COC(c2nc3ccccc3s2)CN1. The molecule has 1 saturated heterocycles. The molecule has 0 aliphatic carbocycles. The van der Waals surface area contributed by atoms with Crippen molar-refractivity contribution < 1.29 is 4.74 Å². The van der Waals surface area contributed by atoms with Crippen LogP contribution in [-0.2, 0) is 4.74 Å². The molecule has 1 aromatic heterocycles. The molecular weight excluding hydrogens is 220 g/mol. The summed E-state index contributed by atoms with van der Waals surface area (Å²) in [6, 6.07) is 8.68. The normalized spacial score (nSPS) is 26.1. The quantitative estimate of drug-likeness (QED) is 0.822. The molecule has 0 spiro atoms. The molecule has 2 unspecified atom stereocenters. The number of hydrogen-bond donors (Lipinski definition) is 1. The maximum atomic E-state index is 5.79. The van der Waals surface area contributed by atoms with Crippen LogP contribution in [0.2, 0.25) is 0 Å². The molecule has 1 fully saturated rings. The van der Waals surface area contributed by atoms with Crippen LogP contribution in [0.1, 0.15) is 18.0 Å². The number of morpholine rings is 1. The zero-order valence-electron chi connectivity index (χ0n) is 9.14. The van der Waals surface area contributed by atoms with Crippen LogP contribution in [-0.4, -0.2) is 24.2 Å². The molecule has 2 aromatic rings. The van der Waals surface area contributed by atoms with Gasteiger partial charge in [-0.3, -0.25) is 0 Å². The number of benzene rings is 1. The number of thiazole rings is 1. The first-order valence-electron chi connectivity index (χ1n) is 5.53. The second kappa shape index (κ2) is 4.13. The Balaban J connectivity index is 1.88. The van der Waals surface area contributed by atoms with Crippen molar-refractivity contribution >= 4 is 21.6 Å². The van der Waals surface area contributed by atoms with Gasteiger partial charge in [-0.05, 0) is 19.1 Å². The highest BCUT2D eigenvalue weighted by Crippen LogP contribution is 2.29. The summed E-state index contributed by atoms with van der Waals surface area (Å²) in [5.41, 5.74) is 1.07. The molecule has 0 bridgehead atoms. The Labute approximate surface area is 98.5 Å². The summed E-state index contributed by atoms with van der Waals surface area (Å²) in [4.78, 5) is 4.61. The van der Waals surface area contributed by atoms with E-state index in [4.69, 9.17) is 4.74 Å². The lowest BCUT2D eigenvalue weighted by atomic mass is 10.2. The highest BCUT2D eigenvalue weighted by molar-refractivity contribution is 7.18. The van der Waals surface area contributed by atoms with Crippen molar-refractivity contribution in [3.8, 4) is 0 Å².